The fourth-order valence-corrected chi connectivity index (χ4v) is 2.60. The molecule has 1 aliphatic carbocycles. The summed E-state index contributed by atoms with van der Waals surface area (Å²) in [7, 11) is 1.60. The van der Waals surface area contributed by atoms with E-state index < -0.39 is 5.97 Å². The van der Waals surface area contributed by atoms with Gasteiger partial charge >= 0.3 is 5.97 Å². The van der Waals surface area contributed by atoms with Crippen LogP contribution in [-0.2, 0) is 28.9 Å². The molecule has 1 N–H and O–H groups in total. The van der Waals surface area contributed by atoms with Crippen molar-refractivity contribution in [2.75, 3.05) is 13.7 Å². The number of fused-ring (bicyclic) bond motifs is 1. The average Bonchev–Trinajstić information content (AvgIpc) is 2.44. The van der Waals surface area contributed by atoms with E-state index >= 15 is 0 Å². The normalized spacial score (nSPS) is 14.4. The zero-order valence-corrected chi connectivity index (χ0v) is 11.6. The largest absolute Gasteiger partial charge is 0.478 e. The Hall–Kier alpha value is -1.88. The van der Waals surface area contributed by atoms with E-state index in [9.17, 15) is 9.59 Å². The molecule has 1 aromatic heterocycles. The van der Waals surface area contributed by atoms with Crippen LogP contribution in [0.1, 0.15) is 29.7 Å². The monoisotopic (exact) mass is 277 g/mol. The molecule has 1 heterocycles. The van der Waals surface area contributed by atoms with E-state index in [2.05, 4.69) is 0 Å². The molecule has 0 radical (unpaired) electrons. The van der Waals surface area contributed by atoms with Gasteiger partial charge in [-0.25, -0.2) is 4.79 Å². The van der Waals surface area contributed by atoms with Gasteiger partial charge in [-0.1, -0.05) is 0 Å². The Morgan fingerprint density at radius 1 is 1.45 bits per heavy atom. The van der Waals surface area contributed by atoms with E-state index in [1.54, 1.807) is 11.7 Å². The topological polar surface area (TPSA) is 68.5 Å². The summed E-state index contributed by atoms with van der Waals surface area (Å²) >= 11 is 0. The summed E-state index contributed by atoms with van der Waals surface area (Å²) in [6.45, 7) is 0.977. The molecule has 108 valence electrons. The molecule has 0 atom stereocenters. The molecule has 0 amide bonds. The van der Waals surface area contributed by atoms with Crippen molar-refractivity contribution in [3.05, 3.63) is 39.3 Å². The zero-order valence-electron chi connectivity index (χ0n) is 11.6. The first-order chi connectivity index (χ1) is 9.63. The number of methoxy groups -OCH3 is 1. The van der Waals surface area contributed by atoms with Crippen molar-refractivity contribution in [1.29, 1.82) is 0 Å². The van der Waals surface area contributed by atoms with Gasteiger partial charge in [0.2, 0.25) is 0 Å². The van der Waals surface area contributed by atoms with Gasteiger partial charge in [0.15, 0.2) is 0 Å². The van der Waals surface area contributed by atoms with Gasteiger partial charge in [-0.2, -0.15) is 0 Å². The van der Waals surface area contributed by atoms with E-state index in [1.165, 1.54) is 6.08 Å². The van der Waals surface area contributed by atoms with E-state index in [-0.39, 0.29) is 5.56 Å². The van der Waals surface area contributed by atoms with E-state index in [4.69, 9.17) is 9.84 Å². The van der Waals surface area contributed by atoms with Crippen LogP contribution >= 0.6 is 0 Å². The number of aromatic nitrogens is 1. The molecule has 0 saturated heterocycles. The molecule has 0 bridgehead atoms. The molecule has 0 aromatic carbocycles. The van der Waals surface area contributed by atoms with E-state index in [0.717, 1.165) is 43.0 Å². The van der Waals surface area contributed by atoms with Crippen LogP contribution in [0, 0.1) is 0 Å². The maximum atomic E-state index is 12.4. The molecule has 5 nitrogen and oxygen atoms in total. The molecular weight excluding hydrogens is 258 g/mol. The highest BCUT2D eigenvalue weighted by Crippen LogP contribution is 2.21. The lowest BCUT2D eigenvalue weighted by Crippen LogP contribution is -2.30. The Morgan fingerprint density at radius 2 is 2.20 bits per heavy atom. The summed E-state index contributed by atoms with van der Waals surface area (Å²) in [6, 6.07) is 1.83. The number of pyridine rings is 1. The molecule has 0 saturated carbocycles. The van der Waals surface area contributed by atoms with E-state index in [1.807, 2.05) is 6.07 Å². The minimum Gasteiger partial charge on any atom is -0.478 e. The molecule has 1 aromatic rings. The van der Waals surface area contributed by atoms with Gasteiger partial charge in [0, 0.05) is 31.0 Å². The average molecular weight is 277 g/mol. The van der Waals surface area contributed by atoms with Crippen LogP contribution in [0.5, 0.6) is 0 Å². The summed E-state index contributed by atoms with van der Waals surface area (Å²) in [5.41, 5.74) is 2.52. The van der Waals surface area contributed by atoms with Gasteiger partial charge in [0.25, 0.3) is 5.56 Å². The minimum absolute atomic E-state index is 0.139. The summed E-state index contributed by atoms with van der Waals surface area (Å²) in [6.07, 6.45) is 6.42. The van der Waals surface area contributed by atoms with Crippen molar-refractivity contribution in [3.8, 4) is 0 Å². The van der Waals surface area contributed by atoms with Gasteiger partial charge < -0.3 is 14.4 Å². The number of hydrogen-bond donors (Lipinski definition) is 1. The Kier molecular flexibility index (Phi) is 4.74. The van der Waals surface area contributed by atoms with Gasteiger partial charge in [-0.15, -0.1) is 0 Å². The van der Waals surface area contributed by atoms with Crippen molar-refractivity contribution in [2.45, 2.75) is 32.2 Å². The van der Waals surface area contributed by atoms with Crippen LogP contribution in [0.2, 0.25) is 0 Å². The summed E-state index contributed by atoms with van der Waals surface area (Å²) in [4.78, 5) is 23.0. The molecule has 5 heteroatoms. The van der Waals surface area contributed by atoms with Crippen molar-refractivity contribution >= 4 is 12.0 Å². The summed E-state index contributed by atoms with van der Waals surface area (Å²) < 4.78 is 6.79. The Labute approximate surface area is 117 Å². The molecule has 20 heavy (non-hydrogen) atoms. The first-order valence-corrected chi connectivity index (χ1v) is 6.79. The third-order valence-electron chi connectivity index (χ3n) is 3.55. The predicted molar refractivity (Wildman–Crippen MR) is 75.9 cm³/mol. The number of nitrogens with zero attached hydrogens (tertiary/aromatic N) is 1. The van der Waals surface area contributed by atoms with Gasteiger partial charge in [0.05, 0.1) is 6.61 Å². The number of hydrogen-bond acceptors (Lipinski definition) is 3. The number of aliphatic carboxylic acids is 1. The lowest BCUT2D eigenvalue weighted by Gasteiger charge is -2.21. The molecule has 0 unspecified atom stereocenters. The van der Waals surface area contributed by atoms with Crippen molar-refractivity contribution < 1.29 is 14.6 Å². The molecule has 1 aliphatic rings. The lowest BCUT2D eigenvalue weighted by atomic mass is 9.94. The smallest absolute Gasteiger partial charge is 0.328 e. The Balaban J connectivity index is 2.48. The third-order valence-corrected chi connectivity index (χ3v) is 3.55. The van der Waals surface area contributed by atoms with Crippen LogP contribution < -0.4 is 5.56 Å². The minimum atomic E-state index is -1.05. The molecule has 0 aliphatic heterocycles. The van der Waals surface area contributed by atoms with Crippen LogP contribution in [0.4, 0.5) is 0 Å². The summed E-state index contributed by atoms with van der Waals surface area (Å²) in [5, 5.41) is 8.70. The molecule has 0 fully saturated rings. The maximum absolute atomic E-state index is 12.4. The number of aryl methyl sites for hydroxylation is 1. The van der Waals surface area contributed by atoms with Gasteiger partial charge in [-0.3, -0.25) is 4.79 Å². The first kappa shape index (κ1) is 14.5. The highest BCUT2D eigenvalue weighted by molar-refractivity contribution is 5.85. The second-order valence-electron chi connectivity index (χ2n) is 4.90. The van der Waals surface area contributed by atoms with Crippen molar-refractivity contribution in [3.63, 3.8) is 0 Å². The standard InChI is InChI=1S/C15H19NO4/c1-20-9-8-16-13-5-3-2-4-11(13)10-12(15(16)19)6-7-14(17)18/h6-7,10H,2-5,8-9H2,1H3,(H,17,18)/b7-6+. The fraction of sp³-hybridized carbons (Fsp3) is 0.467. The molecule has 0 spiro atoms. The summed E-state index contributed by atoms with van der Waals surface area (Å²) in [5.74, 6) is -1.05. The number of carboxylic acid groups (broad SMARTS) is 1. The number of rotatable bonds is 5. The lowest BCUT2D eigenvalue weighted by molar-refractivity contribution is -0.131. The second kappa shape index (κ2) is 6.52. The number of carboxylic acids is 1. The predicted octanol–water partition coefficient (Wildman–Crippen LogP) is 1.47. The highest BCUT2D eigenvalue weighted by atomic mass is 16.5. The molecular formula is C15H19NO4. The van der Waals surface area contributed by atoms with Crippen LogP contribution in [0.25, 0.3) is 6.08 Å². The van der Waals surface area contributed by atoms with Crippen molar-refractivity contribution in [1.82, 2.24) is 4.57 Å². The zero-order chi connectivity index (χ0) is 14.5. The highest BCUT2D eigenvalue weighted by Gasteiger charge is 2.16. The Bertz CT molecular complexity index is 586. The fourth-order valence-electron chi connectivity index (χ4n) is 2.60. The second-order valence-corrected chi connectivity index (χ2v) is 4.90. The van der Waals surface area contributed by atoms with Crippen LogP contribution in [-0.4, -0.2) is 29.4 Å². The van der Waals surface area contributed by atoms with Crippen LogP contribution in [0.3, 0.4) is 0 Å². The Morgan fingerprint density at radius 3 is 2.90 bits per heavy atom. The molecule has 2 rings (SSSR count). The third kappa shape index (κ3) is 3.17. The van der Waals surface area contributed by atoms with Gasteiger partial charge in [-0.05, 0) is 43.4 Å². The van der Waals surface area contributed by atoms with E-state index in [0.29, 0.717) is 18.7 Å². The first-order valence-electron chi connectivity index (χ1n) is 6.79. The van der Waals surface area contributed by atoms with Crippen LogP contribution in [0.15, 0.2) is 16.9 Å². The SMILES string of the molecule is COCCn1c2c(cc(/C=C/C(=O)O)c1=O)CCCC2. The quantitative estimate of drug-likeness (QED) is 0.828. The maximum Gasteiger partial charge on any atom is 0.328 e. The number of carbonyl (C=O) groups is 1. The van der Waals surface area contributed by atoms with Crippen molar-refractivity contribution in [2.24, 2.45) is 0 Å². The van der Waals surface area contributed by atoms with Gasteiger partial charge in [0.1, 0.15) is 0 Å². The number of ether oxygens (including phenoxy) is 1.